The Kier molecular flexibility index (Phi) is 4.31. The van der Waals surface area contributed by atoms with Gasteiger partial charge in [-0.25, -0.2) is 19.9 Å². The van der Waals surface area contributed by atoms with Crippen LogP contribution in [0.25, 0.3) is 0 Å². The van der Waals surface area contributed by atoms with Crippen LogP contribution in [0.3, 0.4) is 0 Å². The highest BCUT2D eigenvalue weighted by Crippen LogP contribution is 2.33. The maximum atomic E-state index is 4.36. The molecule has 0 fully saturated rings. The third kappa shape index (κ3) is 3.20. The zero-order valence-corrected chi connectivity index (χ0v) is 12.3. The lowest BCUT2D eigenvalue weighted by molar-refractivity contribution is 0.803. The van der Waals surface area contributed by atoms with E-state index in [1.54, 1.807) is 6.33 Å². The molecule has 0 radical (unpaired) electrons. The molecule has 2 rings (SSSR count). The highest BCUT2D eigenvalue weighted by molar-refractivity contribution is 7.99. The van der Waals surface area contributed by atoms with Crippen molar-refractivity contribution in [3.8, 4) is 0 Å². The lowest BCUT2D eigenvalue weighted by atomic mass is 10.1. The van der Waals surface area contributed by atoms with Crippen molar-refractivity contribution in [1.29, 1.82) is 0 Å². The molecule has 0 unspecified atom stereocenters. The zero-order valence-electron chi connectivity index (χ0n) is 11.5. The van der Waals surface area contributed by atoms with Crippen LogP contribution in [0.1, 0.15) is 30.9 Å². The standard InChI is InChI=1S/C13H17N5S/c1-8(2)10-11(14-4)17-7-18-12(10)19-13-15-5-9(3)6-16-13/h5-8H,1-4H3,(H,14,17,18). The first kappa shape index (κ1) is 13.7. The number of hydrogen-bond donors (Lipinski definition) is 1. The molecule has 6 heteroatoms. The number of anilines is 1. The SMILES string of the molecule is CNc1ncnc(Sc2ncc(C)cn2)c1C(C)C. The minimum atomic E-state index is 0.330. The molecule has 100 valence electrons. The van der Waals surface area contributed by atoms with Crippen LogP contribution in [0.2, 0.25) is 0 Å². The van der Waals surface area contributed by atoms with Crippen molar-refractivity contribution in [3.63, 3.8) is 0 Å². The normalized spacial score (nSPS) is 10.8. The highest BCUT2D eigenvalue weighted by atomic mass is 32.2. The van der Waals surface area contributed by atoms with E-state index in [-0.39, 0.29) is 0 Å². The van der Waals surface area contributed by atoms with Crippen molar-refractivity contribution in [3.05, 3.63) is 29.8 Å². The number of nitrogens with zero attached hydrogens (tertiary/aromatic N) is 4. The smallest absolute Gasteiger partial charge is 0.193 e. The molecular weight excluding hydrogens is 258 g/mol. The summed E-state index contributed by atoms with van der Waals surface area (Å²) in [7, 11) is 1.87. The molecule has 1 N–H and O–H groups in total. The predicted octanol–water partition coefficient (Wildman–Crippen LogP) is 2.89. The maximum absolute atomic E-state index is 4.36. The summed E-state index contributed by atoms with van der Waals surface area (Å²) < 4.78 is 0. The second-order valence-electron chi connectivity index (χ2n) is 4.49. The Bertz CT molecular complexity index is 553. The fraction of sp³-hybridized carbons (Fsp3) is 0.385. The molecule has 2 aromatic rings. The monoisotopic (exact) mass is 275 g/mol. The fourth-order valence-corrected chi connectivity index (χ4v) is 2.63. The molecular formula is C13H17N5S. The Labute approximate surface area is 117 Å². The minimum Gasteiger partial charge on any atom is -0.373 e. The molecule has 0 aliphatic rings. The van der Waals surface area contributed by atoms with Gasteiger partial charge < -0.3 is 5.32 Å². The van der Waals surface area contributed by atoms with Crippen LogP contribution in [-0.2, 0) is 0 Å². The predicted molar refractivity (Wildman–Crippen MR) is 76.6 cm³/mol. The molecule has 0 aliphatic carbocycles. The Balaban J connectivity index is 2.36. The topological polar surface area (TPSA) is 63.6 Å². The van der Waals surface area contributed by atoms with Crippen molar-refractivity contribution < 1.29 is 0 Å². The van der Waals surface area contributed by atoms with E-state index in [2.05, 4.69) is 39.1 Å². The van der Waals surface area contributed by atoms with Gasteiger partial charge in [-0.05, 0) is 30.2 Å². The van der Waals surface area contributed by atoms with E-state index in [9.17, 15) is 0 Å². The number of aryl methyl sites for hydroxylation is 1. The van der Waals surface area contributed by atoms with Crippen molar-refractivity contribution in [2.45, 2.75) is 36.9 Å². The molecule has 0 saturated heterocycles. The van der Waals surface area contributed by atoms with Gasteiger partial charge in [0.15, 0.2) is 5.16 Å². The van der Waals surface area contributed by atoms with Gasteiger partial charge in [0.2, 0.25) is 0 Å². The Morgan fingerprint density at radius 2 is 1.79 bits per heavy atom. The molecule has 0 bridgehead atoms. The average Bonchev–Trinajstić information content (AvgIpc) is 2.40. The highest BCUT2D eigenvalue weighted by Gasteiger charge is 2.16. The summed E-state index contributed by atoms with van der Waals surface area (Å²) >= 11 is 1.47. The first-order valence-corrected chi connectivity index (χ1v) is 6.92. The molecule has 0 atom stereocenters. The Morgan fingerprint density at radius 3 is 2.37 bits per heavy atom. The molecule has 0 saturated carbocycles. The van der Waals surface area contributed by atoms with Crippen LogP contribution in [0.4, 0.5) is 5.82 Å². The summed E-state index contributed by atoms with van der Waals surface area (Å²) in [4.78, 5) is 17.2. The quantitative estimate of drug-likeness (QED) is 0.684. The lowest BCUT2D eigenvalue weighted by Gasteiger charge is -2.14. The molecule has 0 spiro atoms. The second-order valence-corrected chi connectivity index (χ2v) is 5.45. The third-order valence-electron chi connectivity index (χ3n) is 2.61. The van der Waals surface area contributed by atoms with E-state index in [4.69, 9.17) is 0 Å². The van der Waals surface area contributed by atoms with E-state index in [0.29, 0.717) is 11.1 Å². The molecule has 0 aromatic carbocycles. The third-order valence-corrected chi connectivity index (χ3v) is 3.52. The first-order valence-electron chi connectivity index (χ1n) is 6.11. The summed E-state index contributed by atoms with van der Waals surface area (Å²) in [6, 6.07) is 0. The maximum Gasteiger partial charge on any atom is 0.193 e. The minimum absolute atomic E-state index is 0.330. The molecule has 5 nitrogen and oxygen atoms in total. The summed E-state index contributed by atoms with van der Waals surface area (Å²) in [5.74, 6) is 1.19. The largest absolute Gasteiger partial charge is 0.373 e. The van der Waals surface area contributed by atoms with Crippen molar-refractivity contribution in [1.82, 2.24) is 19.9 Å². The van der Waals surface area contributed by atoms with Crippen LogP contribution < -0.4 is 5.32 Å². The Morgan fingerprint density at radius 1 is 1.11 bits per heavy atom. The van der Waals surface area contributed by atoms with Crippen molar-refractivity contribution >= 4 is 17.6 Å². The van der Waals surface area contributed by atoms with Crippen LogP contribution in [0.15, 0.2) is 28.9 Å². The van der Waals surface area contributed by atoms with Crippen molar-refractivity contribution in [2.24, 2.45) is 0 Å². The van der Waals surface area contributed by atoms with Gasteiger partial charge in [0, 0.05) is 25.0 Å². The molecule has 0 amide bonds. The fourth-order valence-electron chi connectivity index (χ4n) is 1.70. The van der Waals surface area contributed by atoms with Gasteiger partial charge in [-0.3, -0.25) is 0 Å². The van der Waals surface area contributed by atoms with E-state index >= 15 is 0 Å². The van der Waals surface area contributed by atoms with Gasteiger partial charge in [0.25, 0.3) is 0 Å². The van der Waals surface area contributed by atoms with Crippen LogP contribution in [0, 0.1) is 6.92 Å². The van der Waals surface area contributed by atoms with E-state index in [1.807, 2.05) is 26.4 Å². The van der Waals surface area contributed by atoms with E-state index < -0.39 is 0 Å². The number of aromatic nitrogens is 4. The number of hydrogen-bond acceptors (Lipinski definition) is 6. The van der Waals surface area contributed by atoms with Crippen LogP contribution in [0.5, 0.6) is 0 Å². The van der Waals surface area contributed by atoms with Crippen LogP contribution in [-0.4, -0.2) is 27.0 Å². The summed E-state index contributed by atoms with van der Waals surface area (Å²) in [6.07, 6.45) is 5.18. The first-order chi connectivity index (χ1) is 9.11. The van der Waals surface area contributed by atoms with E-state index in [0.717, 1.165) is 22.0 Å². The second kappa shape index (κ2) is 5.97. The van der Waals surface area contributed by atoms with Gasteiger partial charge in [-0.15, -0.1) is 0 Å². The average molecular weight is 275 g/mol. The zero-order chi connectivity index (χ0) is 13.8. The lowest BCUT2D eigenvalue weighted by Crippen LogP contribution is -2.04. The van der Waals surface area contributed by atoms with Crippen LogP contribution >= 0.6 is 11.8 Å². The number of rotatable bonds is 4. The number of nitrogens with one attached hydrogen (secondary N) is 1. The summed E-state index contributed by atoms with van der Waals surface area (Å²) in [6.45, 7) is 6.22. The molecule has 0 aliphatic heterocycles. The van der Waals surface area contributed by atoms with Gasteiger partial charge in [-0.2, -0.15) is 0 Å². The molecule has 19 heavy (non-hydrogen) atoms. The summed E-state index contributed by atoms with van der Waals surface area (Å²) in [5.41, 5.74) is 2.14. The van der Waals surface area contributed by atoms with E-state index in [1.165, 1.54) is 11.8 Å². The van der Waals surface area contributed by atoms with Gasteiger partial charge in [0.1, 0.15) is 17.2 Å². The molecule has 2 heterocycles. The summed E-state index contributed by atoms with van der Waals surface area (Å²) in [5, 5.41) is 4.71. The van der Waals surface area contributed by atoms with Gasteiger partial charge >= 0.3 is 0 Å². The van der Waals surface area contributed by atoms with Gasteiger partial charge in [0.05, 0.1) is 0 Å². The van der Waals surface area contributed by atoms with Crippen molar-refractivity contribution in [2.75, 3.05) is 12.4 Å². The molecule has 2 aromatic heterocycles. The Hall–Kier alpha value is -1.69. The van der Waals surface area contributed by atoms with Gasteiger partial charge in [-0.1, -0.05) is 13.8 Å².